The highest BCUT2D eigenvalue weighted by Gasteiger charge is 2.36. The van der Waals surface area contributed by atoms with Crippen LogP contribution in [0.2, 0.25) is 10.0 Å². The standard InChI is InChI=1S/C27H20Br2Cl2N2O5S/c1-2-37-22-10-15(9-19(29)25(22)38-14-16-5-3-4-6-20(16)30)11-23-26(35)33(27(36)39-23)13-24(34)32-17-7-8-18(28)21(31)12-17/h3-12H,2,13-14H2,1H3,(H,32,34)/b23-11+. The summed E-state index contributed by atoms with van der Waals surface area (Å²) in [5, 5.41) is 3.11. The number of carbonyl (C=O) groups is 3. The maximum Gasteiger partial charge on any atom is 0.294 e. The molecule has 1 fully saturated rings. The summed E-state index contributed by atoms with van der Waals surface area (Å²) >= 11 is 19.9. The number of hydrogen-bond donors (Lipinski definition) is 1. The lowest BCUT2D eigenvalue weighted by Crippen LogP contribution is -2.36. The number of amides is 3. The molecule has 0 spiro atoms. The van der Waals surface area contributed by atoms with Gasteiger partial charge < -0.3 is 14.8 Å². The van der Waals surface area contributed by atoms with Crippen LogP contribution >= 0.6 is 66.8 Å². The Morgan fingerprint density at radius 3 is 2.51 bits per heavy atom. The second-order valence-corrected chi connectivity index (χ2v) is 11.6. The van der Waals surface area contributed by atoms with Gasteiger partial charge >= 0.3 is 0 Å². The number of nitrogens with zero attached hydrogens (tertiary/aromatic N) is 1. The largest absolute Gasteiger partial charge is 0.490 e. The zero-order valence-electron chi connectivity index (χ0n) is 20.3. The summed E-state index contributed by atoms with van der Waals surface area (Å²) in [7, 11) is 0. The van der Waals surface area contributed by atoms with Crippen molar-refractivity contribution in [3.8, 4) is 11.5 Å². The lowest BCUT2D eigenvalue weighted by atomic mass is 10.1. The van der Waals surface area contributed by atoms with E-state index in [-0.39, 0.29) is 11.5 Å². The van der Waals surface area contributed by atoms with Gasteiger partial charge in [0.2, 0.25) is 5.91 Å². The first-order valence-corrected chi connectivity index (χ1v) is 14.6. The molecule has 0 unspecified atom stereocenters. The number of imide groups is 1. The second-order valence-electron chi connectivity index (χ2n) is 8.09. The Balaban J connectivity index is 1.49. The van der Waals surface area contributed by atoms with Gasteiger partial charge in [-0.25, -0.2) is 0 Å². The van der Waals surface area contributed by atoms with Crippen LogP contribution in [-0.4, -0.2) is 35.1 Å². The number of hydrogen-bond acceptors (Lipinski definition) is 6. The number of carbonyl (C=O) groups excluding carboxylic acids is 3. The summed E-state index contributed by atoms with van der Waals surface area (Å²) in [6.45, 7) is 2.02. The summed E-state index contributed by atoms with van der Waals surface area (Å²) in [5.41, 5.74) is 1.87. The molecule has 1 aliphatic rings. The van der Waals surface area contributed by atoms with Gasteiger partial charge in [-0.3, -0.25) is 19.3 Å². The van der Waals surface area contributed by atoms with Crippen LogP contribution in [0, 0.1) is 0 Å². The predicted molar refractivity (Wildman–Crippen MR) is 162 cm³/mol. The van der Waals surface area contributed by atoms with Crippen LogP contribution < -0.4 is 14.8 Å². The van der Waals surface area contributed by atoms with Crippen LogP contribution in [0.4, 0.5) is 10.5 Å². The smallest absolute Gasteiger partial charge is 0.294 e. The van der Waals surface area contributed by atoms with E-state index in [0.717, 1.165) is 22.2 Å². The minimum atomic E-state index is -0.567. The first-order valence-electron chi connectivity index (χ1n) is 11.5. The third-order valence-electron chi connectivity index (χ3n) is 5.34. The van der Waals surface area contributed by atoms with Crippen LogP contribution in [0.1, 0.15) is 18.1 Å². The average Bonchev–Trinajstić information content (AvgIpc) is 3.14. The minimum Gasteiger partial charge on any atom is -0.490 e. The number of benzene rings is 3. The molecule has 1 aliphatic heterocycles. The highest BCUT2D eigenvalue weighted by atomic mass is 79.9. The summed E-state index contributed by atoms with van der Waals surface area (Å²) in [6, 6.07) is 15.7. The monoisotopic (exact) mass is 712 g/mol. The molecule has 4 rings (SSSR count). The van der Waals surface area contributed by atoms with Gasteiger partial charge in [0.1, 0.15) is 13.2 Å². The fraction of sp³-hybridized carbons (Fsp3) is 0.148. The molecular formula is C27H20Br2Cl2N2O5S. The molecule has 0 bridgehead atoms. The first-order chi connectivity index (χ1) is 18.7. The molecule has 0 aromatic heterocycles. The second kappa shape index (κ2) is 13.2. The SMILES string of the molecule is CCOc1cc(/C=C2/SC(=O)N(CC(=O)Nc3ccc(Br)c(Cl)c3)C2=O)cc(Br)c1OCc1ccccc1Cl. The molecule has 39 heavy (non-hydrogen) atoms. The van der Waals surface area contributed by atoms with Crippen LogP contribution in [0.15, 0.2) is 68.4 Å². The molecule has 7 nitrogen and oxygen atoms in total. The molecule has 1 saturated heterocycles. The zero-order valence-corrected chi connectivity index (χ0v) is 25.8. The summed E-state index contributed by atoms with van der Waals surface area (Å²) in [4.78, 5) is 39.1. The quantitative estimate of drug-likeness (QED) is 0.225. The molecule has 12 heteroatoms. The Kier molecular flexibility index (Phi) is 10.0. The van der Waals surface area contributed by atoms with Crippen molar-refractivity contribution in [2.24, 2.45) is 0 Å². The van der Waals surface area contributed by atoms with Gasteiger partial charge in [-0.2, -0.15) is 0 Å². The van der Waals surface area contributed by atoms with Crippen molar-refractivity contribution in [3.05, 3.63) is 89.6 Å². The molecule has 3 amide bonds. The number of rotatable bonds is 9. The molecular weight excluding hydrogens is 695 g/mol. The number of nitrogens with one attached hydrogen (secondary N) is 1. The normalized spacial score (nSPS) is 14.2. The van der Waals surface area contributed by atoms with E-state index in [0.29, 0.717) is 48.3 Å². The Morgan fingerprint density at radius 1 is 1.03 bits per heavy atom. The van der Waals surface area contributed by atoms with Gasteiger partial charge in [0.15, 0.2) is 11.5 Å². The summed E-state index contributed by atoms with van der Waals surface area (Å²) in [5.74, 6) is -0.163. The van der Waals surface area contributed by atoms with E-state index in [9.17, 15) is 14.4 Å². The van der Waals surface area contributed by atoms with Crippen LogP contribution in [0.5, 0.6) is 11.5 Å². The number of ether oxygens (including phenoxy) is 2. The van der Waals surface area contributed by atoms with Crippen molar-refractivity contribution in [1.29, 1.82) is 0 Å². The van der Waals surface area contributed by atoms with Gasteiger partial charge in [0.05, 0.1) is 21.0 Å². The molecule has 1 N–H and O–H groups in total. The van der Waals surface area contributed by atoms with Crippen LogP contribution in [0.25, 0.3) is 6.08 Å². The van der Waals surface area contributed by atoms with Gasteiger partial charge in [0, 0.05) is 20.7 Å². The van der Waals surface area contributed by atoms with E-state index in [1.54, 1.807) is 42.5 Å². The minimum absolute atomic E-state index is 0.179. The lowest BCUT2D eigenvalue weighted by molar-refractivity contribution is -0.127. The zero-order chi connectivity index (χ0) is 28.1. The van der Waals surface area contributed by atoms with Crippen molar-refractivity contribution in [2.45, 2.75) is 13.5 Å². The third kappa shape index (κ3) is 7.37. The number of thioether (sulfide) groups is 1. The highest BCUT2D eigenvalue weighted by Crippen LogP contribution is 2.40. The van der Waals surface area contributed by atoms with Crippen molar-refractivity contribution in [2.75, 3.05) is 18.5 Å². The molecule has 0 atom stereocenters. The molecule has 3 aromatic rings. The Hall–Kier alpha value is -2.50. The molecule has 0 aliphatic carbocycles. The van der Waals surface area contributed by atoms with E-state index in [2.05, 4.69) is 37.2 Å². The first kappa shape index (κ1) is 29.5. The third-order valence-corrected chi connectivity index (χ3v) is 8.44. The van der Waals surface area contributed by atoms with Crippen molar-refractivity contribution in [1.82, 2.24) is 4.90 Å². The van der Waals surface area contributed by atoms with Crippen molar-refractivity contribution >= 4 is 95.6 Å². The number of anilines is 1. The summed E-state index contributed by atoms with van der Waals surface area (Å²) < 4.78 is 13.1. The molecule has 1 heterocycles. The lowest BCUT2D eigenvalue weighted by Gasteiger charge is -2.15. The van der Waals surface area contributed by atoms with E-state index in [1.165, 1.54) is 0 Å². The van der Waals surface area contributed by atoms with Crippen LogP contribution in [0.3, 0.4) is 0 Å². The Labute approximate surface area is 256 Å². The predicted octanol–water partition coefficient (Wildman–Crippen LogP) is 8.17. The maximum absolute atomic E-state index is 13.0. The fourth-order valence-electron chi connectivity index (χ4n) is 3.55. The maximum atomic E-state index is 13.0. The van der Waals surface area contributed by atoms with E-state index in [1.807, 2.05) is 25.1 Å². The topological polar surface area (TPSA) is 84.9 Å². The summed E-state index contributed by atoms with van der Waals surface area (Å²) in [6.07, 6.45) is 1.57. The fourth-order valence-corrected chi connectivity index (χ4v) is 5.58. The van der Waals surface area contributed by atoms with E-state index >= 15 is 0 Å². The van der Waals surface area contributed by atoms with Crippen molar-refractivity contribution < 1.29 is 23.9 Å². The van der Waals surface area contributed by atoms with Crippen molar-refractivity contribution in [3.63, 3.8) is 0 Å². The average molecular weight is 715 g/mol. The van der Waals surface area contributed by atoms with Gasteiger partial charge in [-0.05, 0) is 98.6 Å². The number of halogens is 4. The van der Waals surface area contributed by atoms with Gasteiger partial charge in [-0.1, -0.05) is 41.4 Å². The molecule has 202 valence electrons. The Bertz CT molecular complexity index is 1480. The molecule has 3 aromatic carbocycles. The van der Waals surface area contributed by atoms with E-state index in [4.69, 9.17) is 32.7 Å². The molecule has 0 saturated carbocycles. The Morgan fingerprint density at radius 2 is 1.79 bits per heavy atom. The van der Waals surface area contributed by atoms with Gasteiger partial charge in [-0.15, -0.1) is 0 Å². The molecule has 0 radical (unpaired) electrons. The highest BCUT2D eigenvalue weighted by molar-refractivity contribution is 9.10. The van der Waals surface area contributed by atoms with Gasteiger partial charge in [0.25, 0.3) is 11.1 Å². The van der Waals surface area contributed by atoms with E-state index < -0.39 is 23.6 Å². The van der Waals surface area contributed by atoms with Crippen LogP contribution in [-0.2, 0) is 16.2 Å².